The largest absolute Gasteiger partial charge is 0.489 e. The first-order valence-corrected chi connectivity index (χ1v) is 24.1. The number of benzene rings is 7. The van der Waals surface area contributed by atoms with Crippen LogP contribution in [0.4, 0.5) is 11.4 Å². The molecule has 0 atom stereocenters. The van der Waals surface area contributed by atoms with Gasteiger partial charge in [-0.15, -0.1) is 0 Å². The molecule has 0 heterocycles. The zero-order chi connectivity index (χ0) is 45.5. The van der Waals surface area contributed by atoms with Gasteiger partial charge >= 0.3 is 0 Å². The van der Waals surface area contributed by atoms with E-state index in [-0.39, 0.29) is 14.0 Å². The van der Waals surface area contributed by atoms with Gasteiger partial charge in [-0.05, 0) is 114 Å². The minimum atomic E-state index is -3.88. The lowest BCUT2D eigenvalue weighted by Crippen LogP contribution is -2.28. The van der Waals surface area contributed by atoms with Gasteiger partial charge in [0.1, 0.15) is 24.7 Å². The van der Waals surface area contributed by atoms with Gasteiger partial charge in [0.05, 0.1) is 28.7 Å². The SMILES string of the molecule is C.Cc1cccc(COc2cccc(N(Cc3cccc(Cl)c3)S(=O)(=O)/C=C/c3cccc(Cl)c3)c2)c1.Cc1cccc(COc2cccc(NS(=O)(=O)/C=C/c3cccc(Cl)c3)c2)c1. The first-order valence-electron chi connectivity index (χ1n) is 19.9. The van der Waals surface area contributed by atoms with Crippen LogP contribution >= 0.6 is 34.8 Å². The second-order valence-corrected chi connectivity index (χ2v) is 19.2. The fourth-order valence-electron chi connectivity index (χ4n) is 6.27. The van der Waals surface area contributed by atoms with Crippen molar-refractivity contribution in [1.29, 1.82) is 0 Å². The van der Waals surface area contributed by atoms with E-state index in [1.54, 1.807) is 109 Å². The number of aryl methyl sites for hydroxylation is 2. The third-order valence-corrected chi connectivity index (χ3v) is 12.4. The van der Waals surface area contributed by atoms with Gasteiger partial charge in [-0.1, -0.05) is 150 Å². The first-order chi connectivity index (χ1) is 30.7. The van der Waals surface area contributed by atoms with Crippen LogP contribution in [0.25, 0.3) is 12.2 Å². The summed E-state index contributed by atoms with van der Waals surface area (Å²) in [7, 11) is -7.54. The number of hydrogen-bond acceptors (Lipinski definition) is 6. The molecule has 0 radical (unpaired) electrons. The fraction of sp³-hybridized carbons (Fsp3) is 0.115. The standard InChI is InChI=1S/C29H25Cl2NO3S.C22H20ClNO3S.CH4/c1-22-6-2-9-25(16-22)21-35-29-13-5-12-28(19-29)32(20-24-8-4-11-27(31)18-24)36(33,34)15-14-23-7-3-10-26(30)17-23;1-17-5-2-7-19(13-17)16-27-22-10-4-9-21(15-22)24-28(25,26)12-11-18-6-3-8-20(23)14-18;/h2-19H,20-21H2,1H3;2-15,24H,16H2,1H3;1H4/b15-14+;12-11+;. The van der Waals surface area contributed by atoms with Crippen molar-refractivity contribution in [1.82, 2.24) is 0 Å². The van der Waals surface area contributed by atoms with Crippen LogP contribution in [0, 0.1) is 13.8 Å². The van der Waals surface area contributed by atoms with Crippen molar-refractivity contribution < 1.29 is 26.3 Å². The molecule has 13 heteroatoms. The lowest BCUT2D eigenvalue weighted by molar-refractivity contribution is 0.306. The Labute approximate surface area is 398 Å². The number of halogens is 3. The van der Waals surface area contributed by atoms with Gasteiger partial charge in [-0.25, -0.2) is 16.8 Å². The van der Waals surface area contributed by atoms with E-state index in [1.807, 2.05) is 68.4 Å². The van der Waals surface area contributed by atoms with Gasteiger partial charge < -0.3 is 9.47 Å². The first kappa shape index (κ1) is 50.0. The van der Waals surface area contributed by atoms with Crippen molar-refractivity contribution >= 4 is 78.4 Å². The molecule has 0 aliphatic rings. The highest BCUT2D eigenvalue weighted by Crippen LogP contribution is 2.28. The topological polar surface area (TPSA) is 102 Å². The molecule has 0 fully saturated rings. The Bertz CT molecular complexity index is 2980. The summed E-state index contributed by atoms with van der Waals surface area (Å²) in [4.78, 5) is 0. The molecule has 0 amide bonds. The number of nitrogens with one attached hydrogen (secondary N) is 1. The highest BCUT2D eigenvalue weighted by atomic mass is 35.5. The van der Waals surface area contributed by atoms with Crippen LogP contribution in [0.1, 0.15) is 46.4 Å². The second kappa shape index (κ2) is 23.8. The van der Waals surface area contributed by atoms with Gasteiger partial charge in [0.2, 0.25) is 0 Å². The summed E-state index contributed by atoms with van der Waals surface area (Å²) in [6.45, 7) is 4.94. The maximum Gasteiger partial charge on any atom is 0.257 e. The number of ether oxygens (including phenoxy) is 2. The van der Waals surface area contributed by atoms with E-state index in [0.717, 1.165) is 33.2 Å². The summed E-state index contributed by atoms with van der Waals surface area (Å²) in [5.74, 6) is 1.15. The third-order valence-electron chi connectivity index (χ3n) is 9.27. The number of hydrogen-bond donors (Lipinski definition) is 1. The van der Waals surface area contributed by atoms with Crippen LogP contribution in [0.5, 0.6) is 11.5 Å². The van der Waals surface area contributed by atoms with Crippen molar-refractivity contribution in [2.45, 2.75) is 41.0 Å². The quantitative estimate of drug-likeness (QED) is 0.103. The lowest BCUT2D eigenvalue weighted by Gasteiger charge is -2.23. The summed E-state index contributed by atoms with van der Waals surface area (Å²) in [6.07, 6.45) is 3.02. The smallest absolute Gasteiger partial charge is 0.257 e. The molecule has 0 aliphatic carbocycles. The average molecular weight is 968 g/mol. The molecule has 7 rings (SSSR count). The normalized spacial score (nSPS) is 11.3. The third kappa shape index (κ3) is 16.5. The number of nitrogens with zero attached hydrogens (tertiary/aromatic N) is 1. The molecule has 0 saturated heterocycles. The van der Waals surface area contributed by atoms with Gasteiger partial charge in [0, 0.05) is 27.2 Å². The van der Waals surface area contributed by atoms with Crippen LogP contribution in [-0.4, -0.2) is 16.8 Å². The fourth-order valence-corrected chi connectivity index (χ4v) is 8.95. The van der Waals surface area contributed by atoms with E-state index in [0.29, 0.717) is 62.3 Å². The van der Waals surface area contributed by atoms with Crippen LogP contribution < -0.4 is 18.5 Å². The number of sulfonamides is 2. The van der Waals surface area contributed by atoms with Crippen LogP contribution in [0.15, 0.2) is 181 Å². The zero-order valence-electron chi connectivity index (χ0n) is 34.9. The van der Waals surface area contributed by atoms with E-state index >= 15 is 0 Å². The Kier molecular flexibility index (Phi) is 18.3. The predicted molar refractivity (Wildman–Crippen MR) is 271 cm³/mol. The number of rotatable bonds is 16. The van der Waals surface area contributed by atoms with Crippen LogP contribution in [0.2, 0.25) is 15.1 Å². The van der Waals surface area contributed by atoms with E-state index in [4.69, 9.17) is 44.3 Å². The lowest BCUT2D eigenvalue weighted by atomic mass is 10.1. The molecule has 0 unspecified atom stereocenters. The average Bonchev–Trinajstić information content (AvgIpc) is 3.26. The molecule has 0 bridgehead atoms. The van der Waals surface area contributed by atoms with Crippen LogP contribution in [-0.2, 0) is 39.8 Å². The van der Waals surface area contributed by atoms with Gasteiger partial charge in [0.25, 0.3) is 20.0 Å². The molecular formula is C52H49Cl3N2O6S2. The van der Waals surface area contributed by atoms with Crippen molar-refractivity contribution in [2.24, 2.45) is 0 Å². The Morgan fingerprint density at radius 1 is 0.523 bits per heavy atom. The highest BCUT2D eigenvalue weighted by Gasteiger charge is 2.21. The molecule has 7 aromatic carbocycles. The maximum atomic E-state index is 13.5. The Morgan fingerprint density at radius 3 is 1.55 bits per heavy atom. The van der Waals surface area contributed by atoms with Crippen molar-refractivity contribution in [3.05, 3.63) is 235 Å². The molecule has 0 aromatic heterocycles. The molecule has 0 aliphatic heterocycles. The monoisotopic (exact) mass is 966 g/mol. The second-order valence-electron chi connectivity index (χ2n) is 14.6. The summed E-state index contributed by atoms with van der Waals surface area (Å²) >= 11 is 18.1. The summed E-state index contributed by atoms with van der Waals surface area (Å²) in [5, 5.41) is 3.91. The van der Waals surface area contributed by atoms with Gasteiger partial charge in [-0.3, -0.25) is 9.03 Å². The Balaban J connectivity index is 0.000000248. The molecule has 8 nitrogen and oxygen atoms in total. The minimum absolute atomic E-state index is 0. The number of anilines is 2. The zero-order valence-corrected chi connectivity index (χ0v) is 38.8. The molecule has 1 N–H and O–H groups in total. The van der Waals surface area contributed by atoms with Crippen molar-refractivity contribution in [2.75, 3.05) is 9.03 Å². The minimum Gasteiger partial charge on any atom is -0.489 e. The Morgan fingerprint density at radius 2 is 1.00 bits per heavy atom. The molecule has 0 spiro atoms. The summed E-state index contributed by atoms with van der Waals surface area (Å²) < 4.78 is 67.3. The molecule has 336 valence electrons. The van der Waals surface area contributed by atoms with E-state index in [1.165, 1.54) is 21.9 Å². The Hall–Kier alpha value is -6.01. The predicted octanol–water partition coefficient (Wildman–Crippen LogP) is 14.2. The van der Waals surface area contributed by atoms with Crippen LogP contribution in [0.3, 0.4) is 0 Å². The summed E-state index contributed by atoms with van der Waals surface area (Å²) in [5.41, 5.74) is 7.45. The molecule has 65 heavy (non-hydrogen) atoms. The summed E-state index contributed by atoms with van der Waals surface area (Å²) in [6, 6.07) is 51.1. The van der Waals surface area contributed by atoms with Crippen molar-refractivity contribution in [3.63, 3.8) is 0 Å². The van der Waals surface area contributed by atoms with E-state index < -0.39 is 20.0 Å². The molecular weight excluding hydrogens is 919 g/mol. The molecule has 7 aromatic rings. The highest BCUT2D eigenvalue weighted by molar-refractivity contribution is 7.96. The maximum absolute atomic E-state index is 13.5. The van der Waals surface area contributed by atoms with Gasteiger partial charge in [0.15, 0.2) is 0 Å². The van der Waals surface area contributed by atoms with Gasteiger partial charge in [-0.2, -0.15) is 0 Å². The molecule has 0 saturated carbocycles. The van der Waals surface area contributed by atoms with E-state index in [2.05, 4.69) is 10.8 Å². The van der Waals surface area contributed by atoms with E-state index in [9.17, 15) is 16.8 Å². The van der Waals surface area contributed by atoms with Crippen molar-refractivity contribution in [3.8, 4) is 11.5 Å².